The van der Waals surface area contributed by atoms with E-state index in [9.17, 15) is 24.0 Å². The van der Waals surface area contributed by atoms with Crippen molar-refractivity contribution in [3.05, 3.63) is 65.7 Å². The zero-order valence-corrected chi connectivity index (χ0v) is 40.1. The van der Waals surface area contributed by atoms with Crippen molar-refractivity contribution in [3.63, 3.8) is 0 Å². The minimum absolute atomic E-state index is 0.00813. The summed E-state index contributed by atoms with van der Waals surface area (Å²) in [6.45, 7) is 14.9. The fourth-order valence-corrected chi connectivity index (χ4v) is 9.66. The van der Waals surface area contributed by atoms with E-state index in [0.717, 1.165) is 24.0 Å². The number of carbonyl (C=O) groups is 5. The Bertz CT molecular complexity index is 1730. The number of carbonyl (C=O) groups excluding carboxylic acids is 5. The quantitative estimate of drug-likeness (QED) is 0.107. The lowest BCUT2D eigenvalue weighted by Gasteiger charge is -2.41. The van der Waals surface area contributed by atoms with Crippen molar-refractivity contribution >= 4 is 35.0 Å². The fourth-order valence-electron chi connectivity index (χ4n) is 9.66. The third-order valence-electron chi connectivity index (χ3n) is 13.3. The van der Waals surface area contributed by atoms with Crippen LogP contribution >= 0.6 is 0 Å². The van der Waals surface area contributed by atoms with Crippen LogP contribution in [0.2, 0.25) is 0 Å². The van der Waals surface area contributed by atoms with Crippen molar-refractivity contribution in [2.75, 3.05) is 54.7 Å². The summed E-state index contributed by atoms with van der Waals surface area (Å²) in [5.41, 5.74) is 8.44. The minimum Gasteiger partial charge on any atom is -0.399 e. The Hall–Kier alpha value is -4.13. The third-order valence-corrected chi connectivity index (χ3v) is 13.3. The number of Topliss-reactive ketones (excluding diaryl/α,β-unsaturated/α-hetero) is 2. The van der Waals surface area contributed by atoms with E-state index in [1.807, 2.05) is 113 Å². The number of rotatable bonds is 25. The number of nitrogens with zero attached hydrogens (tertiary/aromatic N) is 4. The average Bonchev–Trinajstić information content (AvgIpc) is 3.72. The molecule has 1 heterocycles. The van der Waals surface area contributed by atoms with Gasteiger partial charge < -0.3 is 29.9 Å². The molecule has 1 unspecified atom stereocenters. The standard InChI is InChI=1S/C50H79N5O7/c1-14-34(6)47(54(11)50(60)40(32(2)3)29-43(57)46(33(4)5)52(8)9)44(61-12)30-45(58)55-26-18-21-41(55)48(62-13)35(7)42(56)28-38(27-36-19-16-15-17-20-36)49(59)53(10)31-37-22-24-39(51)25-23-37/h15-17,19-20,22-25,32-35,38,40-41,44,46-48H,14,18,21,26-31,51H2,1-13H3/t34-,35-,38?,40-,41-,44+,46-,47-,48+/m0/s1. The van der Waals surface area contributed by atoms with E-state index in [1.165, 1.54) is 0 Å². The summed E-state index contributed by atoms with van der Waals surface area (Å²) in [4.78, 5) is 78.0. The molecule has 346 valence electrons. The molecule has 0 radical (unpaired) electrons. The SMILES string of the molecule is CC[C@H](C)[C@@H]([C@@H](CC(=O)N1CCC[C@H]1[C@H](OC)[C@@H](C)C(=O)CC(Cc1ccccc1)C(=O)N(C)Cc1ccc(N)cc1)OC)N(C)C(=O)[C@@H](CC(=O)[C@H](C(C)C)N(C)C)C(C)C. The largest absolute Gasteiger partial charge is 0.399 e. The van der Waals surface area contributed by atoms with Crippen LogP contribution in [0.4, 0.5) is 5.69 Å². The maximum Gasteiger partial charge on any atom is 0.226 e. The molecule has 12 heteroatoms. The van der Waals surface area contributed by atoms with E-state index in [2.05, 4.69) is 13.8 Å². The summed E-state index contributed by atoms with van der Waals surface area (Å²) in [6, 6.07) is 16.1. The normalized spacial score (nSPS) is 18.2. The average molecular weight is 862 g/mol. The lowest BCUT2D eigenvalue weighted by atomic mass is 9.83. The van der Waals surface area contributed by atoms with E-state index in [0.29, 0.717) is 31.6 Å². The van der Waals surface area contributed by atoms with Gasteiger partial charge in [0.2, 0.25) is 17.7 Å². The molecule has 1 fully saturated rings. The highest BCUT2D eigenvalue weighted by Crippen LogP contribution is 2.32. The number of hydrogen-bond donors (Lipinski definition) is 1. The Morgan fingerprint density at radius 1 is 0.774 bits per heavy atom. The number of likely N-dealkylation sites (tertiary alicyclic amines) is 1. The van der Waals surface area contributed by atoms with Crippen LogP contribution in [0.3, 0.4) is 0 Å². The molecule has 3 rings (SSSR count). The number of nitrogen functional groups attached to an aromatic ring is 1. The molecule has 3 amide bonds. The van der Waals surface area contributed by atoms with E-state index >= 15 is 0 Å². The zero-order chi connectivity index (χ0) is 46.4. The van der Waals surface area contributed by atoms with Gasteiger partial charge in [0.1, 0.15) is 5.78 Å². The molecule has 9 atom stereocenters. The van der Waals surface area contributed by atoms with Gasteiger partial charge in [0.15, 0.2) is 5.78 Å². The van der Waals surface area contributed by atoms with Crippen molar-refractivity contribution in [1.82, 2.24) is 19.6 Å². The number of likely N-dealkylation sites (N-methyl/N-ethyl adjacent to an activating group) is 2. The van der Waals surface area contributed by atoms with Crippen LogP contribution in [0, 0.1) is 35.5 Å². The third kappa shape index (κ3) is 13.9. The van der Waals surface area contributed by atoms with E-state index in [1.54, 1.807) is 38.1 Å². The van der Waals surface area contributed by atoms with Gasteiger partial charge in [-0.15, -0.1) is 0 Å². The molecule has 0 bridgehead atoms. The Balaban J connectivity index is 1.82. The molecule has 0 saturated carbocycles. The maximum absolute atomic E-state index is 14.4. The first-order chi connectivity index (χ1) is 29.3. The highest BCUT2D eigenvalue weighted by Gasteiger charge is 2.43. The Labute approximate surface area is 373 Å². The molecular weight excluding hydrogens is 783 g/mol. The van der Waals surface area contributed by atoms with Crippen LogP contribution < -0.4 is 5.73 Å². The molecule has 0 aromatic heterocycles. The highest BCUT2D eigenvalue weighted by atomic mass is 16.5. The van der Waals surface area contributed by atoms with Crippen molar-refractivity contribution in [3.8, 4) is 0 Å². The van der Waals surface area contributed by atoms with Crippen LogP contribution in [0.5, 0.6) is 0 Å². The number of anilines is 1. The second kappa shape index (κ2) is 24.6. The molecule has 2 N–H and O–H groups in total. The summed E-state index contributed by atoms with van der Waals surface area (Å²) in [7, 11) is 10.5. The van der Waals surface area contributed by atoms with Crippen LogP contribution in [-0.4, -0.2) is 128 Å². The van der Waals surface area contributed by atoms with Gasteiger partial charge in [-0.1, -0.05) is 97.4 Å². The number of ketones is 2. The summed E-state index contributed by atoms with van der Waals surface area (Å²) < 4.78 is 12.2. The molecule has 0 aliphatic carbocycles. The molecule has 2 aromatic carbocycles. The topological polar surface area (TPSA) is 143 Å². The zero-order valence-electron chi connectivity index (χ0n) is 40.1. The number of ether oxygens (including phenoxy) is 2. The van der Waals surface area contributed by atoms with E-state index in [4.69, 9.17) is 15.2 Å². The monoisotopic (exact) mass is 862 g/mol. The van der Waals surface area contributed by atoms with Gasteiger partial charge in [-0.3, -0.25) is 28.9 Å². The maximum atomic E-state index is 14.4. The first kappa shape index (κ1) is 52.2. The van der Waals surface area contributed by atoms with Crippen molar-refractivity contribution in [2.45, 2.75) is 130 Å². The highest BCUT2D eigenvalue weighted by molar-refractivity contribution is 5.90. The molecule has 62 heavy (non-hydrogen) atoms. The second-order valence-corrected chi connectivity index (χ2v) is 18.8. The number of amides is 3. The van der Waals surface area contributed by atoms with Gasteiger partial charge in [-0.05, 0) is 74.4 Å². The predicted molar refractivity (Wildman–Crippen MR) is 247 cm³/mol. The second-order valence-electron chi connectivity index (χ2n) is 18.8. The van der Waals surface area contributed by atoms with Gasteiger partial charge in [0.05, 0.1) is 36.8 Å². The molecule has 12 nitrogen and oxygen atoms in total. The lowest BCUT2D eigenvalue weighted by molar-refractivity contribution is -0.149. The van der Waals surface area contributed by atoms with Crippen molar-refractivity contribution < 1.29 is 33.4 Å². The summed E-state index contributed by atoms with van der Waals surface area (Å²) in [5.74, 6) is -2.12. The first-order valence-corrected chi connectivity index (χ1v) is 22.7. The van der Waals surface area contributed by atoms with E-state index in [-0.39, 0.29) is 78.4 Å². The molecular formula is C50H79N5O7. The van der Waals surface area contributed by atoms with Crippen molar-refractivity contribution in [1.29, 1.82) is 0 Å². The fraction of sp³-hybridized carbons (Fsp3) is 0.660. The van der Waals surface area contributed by atoms with Crippen LogP contribution in [0.25, 0.3) is 0 Å². The minimum atomic E-state index is -0.614. The molecule has 1 saturated heterocycles. The van der Waals surface area contributed by atoms with Gasteiger partial charge in [0.25, 0.3) is 0 Å². The van der Waals surface area contributed by atoms with Gasteiger partial charge >= 0.3 is 0 Å². The Morgan fingerprint density at radius 3 is 1.94 bits per heavy atom. The van der Waals surface area contributed by atoms with Gasteiger partial charge in [-0.2, -0.15) is 0 Å². The van der Waals surface area contributed by atoms with Gasteiger partial charge in [-0.25, -0.2) is 0 Å². The Kier molecular flexibility index (Phi) is 20.8. The van der Waals surface area contributed by atoms with Crippen LogP contribution in [0.15, 0.2) is 54.6 Å². The molecule has 1 aliphatic heterocycles. The molecule has 1 aliphatic rings. The number of methoxy groups -OCH3 is 2. The molecule has 0 spiro atoms. The summed E-state index contributed by atoms with van der Waals surface area (Å²) >= 11 is 0. The number of nitrogens with two attached hydrogens (primary N) is 1. The van der Waals surface area contributed by atoms with Crippen LogP contribution in [-0.2, 0) is 46.4 Å². The van der Waals surface area contributed by atoms with Crippen LogP contribution in [0.1, 0.15) is 98.1 Å². The molecule has 2 aromatic rings. The predicted octanol–water partition coefficient (Wildman–Crippen LogP) is 6.78. The van der Waals surface area contributed by atoms with Crippen molar-refractivity contribution in [2.24, 2.45) is 35.5 Å². The lowest BCUT2D eigenvalue weighted by Crippen LogP contribution is -2.54. The first-order valence-electron chi connectivity index (χ1n) is 22.7. The number of benzene rings is 2. The smallest absolute Gasteiger partial charge is 0.226 e. The summed E-state index contributed by atoms with van der Waals surface area (Å²) in [5, 5.41) is 0. The number of hydrogen-bond acceptors (Lipinski definition) is 9. The summed E-state index contributed by atoms with van der Waals surface area (Å²) in [6.07, 6.45) is 1.57. The van der Waals surface area contributed by atoms with E-state index < -0.39 is 36.0 Å². The van der Waals surface area contributed by atoms with Gasteiger partial charge in [0, 0.05) is 77.7 Å². The Morgan fingerprint density at radius 2 is 1.40 bits per heavy atom.